The zero-order valence-corrected chi connectivity index (χ0v) is 31.8. The first kappa shape index (κ1) is 47.0. The Morgan fingerprint density at radius 3 is 2.20 bits per heavy atom. The molecule has 1 aromatic rings. The fraction of sp³-hybridized carbons (Fsp3) is 0.676. The number of carbonyl (C=O) groups excluding carboxylic acids is 5. The maximum Gasteiger partial charge on any atom is 0.351 e. The van der Waals surface area contributed by atoms with Gasteiger partial charge in [-0.1, -0.05) is 46.5 Å². The number of guanidine groups is 1. The van der Waals surface area contributed by atoms with Crippen molar-refractivity contribution < 1.29 is 53.9 Å². The quantitative estimate of drug-likeness (QED) is 0.0281. The topological polar surface area (TPSA) is 352 Å². The first-order chi connectivity index (χ1) is 26.5. The summed E-state index contributed by atoms with van der Waals surface area (Å²) in [5, 5.41) is 51.1. The van der Waals surface area contributed by atoms with Crippen LogP contribution >= 0.6 is 0 Å². The molecule has 0 bridgehead atoms. The largest absolute Gasteiger partial charge is 0.481 e. The number of hydrogen-bond donors (Lipinski definition) is 11. The van der Waals surface area contributed by atoms with E-state index in [1.54, 1.807) is 13.8 Å². The molecule has 1 aromatic heterocycles. The van der Waals surface area contributed by atoms with E-state index in [-0.39, 0.29) is 37.1 Å². The molecule has 22 nitrogen and oxygen atoms in total. The van der Waals surface area contributed by atoms with E-state index in [0.29, 0.717) is 12.8 Å². The van der Waals surface area contributed by atoms with E-state index in [4.69, 9.17) is 16.2 Å². The van der Waals surface area contributed by atoms with E-state index in [9.17, 15) is 54.0 Å². The Morgan fingerprint density at radius 1 is 0.929 bits per heavy atom. The molecule has 0 aliphatic carbocycles. The minimum Gasteiger partial charge on any atom is -0.481 e. The van der Waals surface area contributed by atoms with Gasteiger partial charge in [-0.25, -0.2) is 4.79 Å². The average molecular weight is 797 g/mol. The number of hydrogen-bond acceptors (Lipinski definition) is 13. The van der Waals surface area contributed by atoms with Gasteiger partial charge in [0.25, 0.3) is 0 Å². The summed E-state index contributed by atoms with van der Waals surface area (Å²) in [6.45, 7) is 4.08. The fourth-order valence-corrected chi connectivity index (χ4v) is 5.63. The van der Waals surface area contributed by atoms with Crippen LogP contribution in [0, 0.1) is 5.92 Å². The van der Waals surface area contributed by atoms with Crippen LogP contribution in [0.2, 0.25) is 0 Å². The summed E-state index contributed by atoms with van der Waals surface area (Å²) in [7, 11) is 0. The second kappa shape index (κ2) is 23.7. The van der Waals surface area contributed by atoms with Gasteiger partial charge in [0.2, 0.25) is 29.5 Å². The molecule has 1 saturated heterocycles. The molecule has 1 fully saturated rings. The predicted molar refractivity (Wildman–Crippen MR) is 199 cm³/mol. The Hall–Kier alpha value is -5.19. The SMILES string of the molecule is CCCCCCCC(=O)N[C@@H](CCCN=C(N)N)C(=O)NCC(=O)N[C@@H](CC(=O)O)C(=O)N[C@H](C(=O)Nc1ccn([C@@H]2O[C@H](CO)[C@@H](O)[C@@H]2O)c(=O)n1)C(C)C. The molecular weight excluding hydrogens is 740 g/mol. The van der Waals surface area contributed by atoms with E-state index in [1.807, 2.05) is 0 Å². The molecule has 314 valence electrons. The maximum absolute atomic E-state index is 13.3. The number of aliphatic hydroxyl groups excluding tert-OH is 3. The van der Waals surface area contributed by atoms with Crippen LogP contribution in [-0.2, 0) is 33.5 Å². The highest BCUT2D eigenvalue weighted by atomic mass is 16.6. The second-order valence-electron chi connectivity index (χ2n) is 13.6. The number of unbranched alkanes of at least 4 members (excludes halogenated alkanes) is 4. The van der Waals surface area contributed by atoms with Crippen LogP contribution in [0.4, 0.5) is 5.82 Å². The van der Waals surface area contributed by atoms with E-state index < -0.39 is 103 Å². The van der Waals surface area contributed by atoms with Crippen molar-refractivity contribution in [1.82, 2.24) is 30.8 Å². The number of aliphatic imine (C=N–C) groups is 1. The third-order valence-corrected chi connectivity index (χ3v) is 8.68. The molecule has 2 heterocycles. The summed E-state index contributed by atoms with van der Waals surface area (Å²) in [5.41, 5.74) is 9.72. The number of anilines is 1. The van der Waals surface area contributed by atoms with Crippen molar-refractivity contribution in [3.63, 3.8) is 0 Å². The Balaban J connectivity index is 2.06. The summed E-state index contributed by atoms with van der Waals surface area (Å²) in [6.07, 6.45) is -0.102. The molecule has 0 aromatic carbocycles. The highest BCUT2D eigenvalue weighted by molar-refractivity contribution is 5.99. The van der Waals surface area contributed by atoms with Gasteiger partial charge in [0.05, 0.1) is 19.6 Å². The zero-order valence-electron chi connectivity index (χ0n) is 31.8. The van der Waals surface area contributed by atoms with Gasteiger partial charge in [-0.05, 0) is 31.2 Å². The van der Waals surface area contributed by atoms with Gasteiger partial charge in [0.15, 0.2) is 12.2 Å². The number of nitrogens with one attached hydrogen (secondary N) is 5. The molecule has 5 amide bonds. The van der Waals surface area contributed by atoms with Gasteiger partial charge >= 0.3 is 11.7 Å². The van der Waals surface area contributed by atoms with Crippen molar-refractivity contribution in [2.24, 2.45) is 22.4 Å². The highest BCUT2D eigenvalue weighted by Crippen LogP contribution is 2.28. The fourth-order valence-electron chi connectivity index (χ4n) is 5.63. The number of carbonyl (C=O) groups is 6. The van der Waals surface area contributed by atoms with E-state index in [1.165, 1.54) is 6.07 Å². The number of carboxylic acid groups (broad SMARTS) is 1. The number of nitrogens with zero attached hydrogens (tertiary/aromatic N) is 3. The Kier molecular flexibility index (Phi) is 19.8. The van der Waals surface area contributed by atoms with Crippen LogP contribution in [0.15, 0.2) is 22.1 Å². The lowest BCUT2D eigenvalue weighted by Crippen LogP contribution is -2.56. The lowest BCUT2D eigenvalue weighted by Gasteiger charge is -2.25. The Bertz CT molecular complexity index is 1580. The zero-order chi connectivity index (χ0) is 41.9. The number of carboxylic acids is 1. The monoisotopic (exact) mass is 796 g/mol. The molecule has 13 N–H and O–H groups in total. The number of rotatable bonds is 24. The Morgan fingerprint density at radius 2 is 1.61 bits per heavy atom. The lowest BCUT2D eigenvalue weighted by molar-refractivity contribution is -0.141. The number of amides is 5. The van der Waals surface area contributed by atoms with Gasteiger partial charge in [-0.3, -0.25) is 38.3 Å². The predicted octanol–water partition coefficient (Wildman–Crippen LogP) is -3.09. The van der Waals surface area contributed by atoms with Gasteiger partial charge in [-0.15, -0.1) is 0 Å². The molecule has 1 aliphatic heterocycles. The highest BCUT2D eigenvalue weighted by Gasteiger charge is 2.44. The molecule has 56 heavy (non-hydrogen) atoms. The lowest BCUT2D eigenvalue weighted by atomic mass is 10.0. The van der Waals surface area contributed by atoms with E-state index in [0.717, 1.165) is 36.4 Å². The van der Waals surface area contributed by atoms with Gasteiger partial charge in [-0.2, -0.15) is 4.98 Å². The normalized spacial score (nSPS) is 19.3. The summed E-state index contributed by atoms with van der Waals surface area (Å²) in [6, 6.07) is -2.87. The minimum atomic E-state index is -1.69. The molecule has 1 aliphatic rings. The van der Waals surface area contributed by atoms with E-state index in [2.05, 4.69) is 43.5 Å². The maximum atomic E-state index is 13.3. The number of nitrogens with two attached hydrogens (primary N) is 2. The first-order valence-electron chi connectivity index (χ1n) is 18.4. The Labute approximate surface area is 323 Å². The third kappa shape index (κ3) is 15.5. The van der Waals surface area contributed by atoms with Crippen LogP contribution in [0.5, 0.6) is 0 Å². The van der Waals surface area contributed by atoms with Crippen molar-refractivity contribution >= 4 is 47.3 Å². The van der Waals surface area contributed by atoms with Crippen LogP contribution in [0.25, 0.3) is 0 Å². The molecule has 22 heteroatoms. The number of aromatic nitrogens is 2. The number of aliphatic hydroxyl groups is 3. The summed E-state index contributed by atoms with van der Waals surface area (Å²) in [4.78, 5) is 96.9. The van der Waals surface area contributed by atoms with Crippen molar-refractivity contribution in [3.8, 4) is 0 Å². The standard InChI is InChI=1S/C34H56N10O12/c1-4-5-6-7-8-11-23(46)39-19(10-9-13-37-33(35)36)29(52)38-16-24(47)40-20(15-25(48)49)30(53)43-26(18(2)3)31(54)41-22-12-14-44(34(55)42-22)32-28(51)27(50)21(17-45)56-32/h12,14,18-21,26-28,32,45,50-51H,4-11,13,15-17H2,1-3H3,(H,38,52)(H,39,46)(H,40,47)(H,43,53)(H,48,49)(H4,35,36,37)(H,41,42,54,55)/t19-,20-,21+,26-,27+,28-,32+/m0/s1. The van der Waals surface area contributed by atoms with Crippen LogP contribution in [0.1, 0.15) is 84.8 Å². The van der Waals surface area contributed by atoms with Crippen molar-refractivity contribution in [2.75, 3.05) is 25.0 Å². The summed E-state index contributed by atoms with van der Waals surface area (Å²) >= 11 is 0. The van der Waals surface area contributed by atoms with Crippen LogP contribution in [0.3, 0.4) is 0 Å². The molecule has 0 spiro atoms. The summed E-state index contributed by atoms with van der Waals surface area (Å²) < 4.78 is 6.18. The van der Waals surface area contributed by atoms with Crippen LogP contribution < -0.4 is 43.7 Å². The van der Waals surface area contributed by atoms with Gasteiger partial charge in [0.1, 0.15) is 42.3 Å². The van der Waals surface area contributed by atoms with Gasteiger partial charge in [0, 0.05) is 19.2 Å². The molecule has 7 atom stereocenters. The number of ether oxygens (including phenoxy) is 1. The number of aliphatic carboxylic acids is 1. The molecule has 0 unspecified atom stereocenters. The molecule has 0 saturated carbocycles. The summed E-state index contributed by atoms with van der Waals surface area (Å²) in [5.74, 6) is -6.36. The smallest absolute Gasteiger partial charge is 0.351 e. The third-order valence-electron chi connectivity index (χ3n) is 8.68. The second-order valence-corrected chi connectivity index (χ2v) is 13.6. The van der Waals surface area contributed by atoms with Gasteiger partial charge < -0.3 is 63.2 Å². The van der Waals surface area contributed by atoms with Crippen molar-refractivity contribution in [2.45, 2.75) is 121 Å². The molecule has 2 rings (SSSR count). The average Bonchev–Trinajstić information content (AvgIpc) is 3.41. The first-order valence-corrected chi connectivity index (χ1v) is 18.4. The van der Waals surface area contributed by atoms with Crippen molar-refractivity contribution in [1.29, 1.82) is 0 Å². The molecular formula is C34H56N10O12. The molecule has 0 radical (unpaired) electrons. The minimum absolute atomic E-state index is 0.135. The van der Waals surface area contributed by atoms with Crippen LogP contribution in [-0.4, -0.2) is 128 Å². The van der Waals surface area contributed by atoms with E-state index >= 15 is 0 Å². The van der Waals surface area contributed by atoms with Crippen molar-refractivity contribution in [3.05, 3.63) is 22.7 Å².